The van der Waals surface area contributed by atoms with Crippen LogP contribution in [-0.2, 0) is 4.79 Å². The van der Waals surface area contributed by atoms with Crippen LogP contribution in [0.4, 0.5) is 5.69 Å². The molecule has 10 heteroatoms. The predicted molar refractivity (Wildman–Crippen MR) is 127 cm³/mol. The molecule has 0 atom stereocenters. The molecule has 0 spiro atoms. The molecule has 0 unspecified atom stereocenters. The van der Waals surface area contributed by atoms with Crippen LogP contribution in [0.5, 0.6) is 5.75 Å². The third-order valence-corrected chi connectivity index (χ3v) is 4.58. The van der Waals surface area contributed by atoms with Gasteiger partial charge in [-0.05, 0) is 42.9 Å². The van der Waals surface area contributed by atoms with E-state index in [-0.39, 0.29) is 28.1 Å². The third-order valence-electron chi connectivity index (χ3n) is 4.21. The Labute approximate surface area is 195 Å². The largest absolute Gasteiger partial charge is 0.507 e. The molecule has 0 bridgehead atoms. The Morgan fingerprint density at radius 1 is 1.24 bits per heavy atom. The van der Waals surface area contributed by atoms with E-state index in [1.54, 1.807) is 24.5 Å². The number of benzene rings is 2. The Morgan fingerprint density at radius 3 is 2.52 bits per heavy atom. The van der Waals surface area contributed by atoms with Crippen LogP contribution in [0.1, 0.15) is 28.4 Å². The summed E-state index contributed by atoms with van der Waals surface area (Å²) in [6.07, 6.45) is 3.19. The fraction of sp³-hybridized carbons (Fsp3) is 0.0870. The zero-order valence-electron chi connectivity index (χ0n) is 17.5. The number of hydrogen-bond acceptors (Lipinski definition) is 8. The summed E-state index contributed by atoms with van der Waals surface area (Å²) in [6, 6.07) is 11.8. The number of nitrogens with two attached hydrogens (primary N) is 1. The number of phenols is 1. The van der Waals surface area contributed by atoms with Crippen LogP contribution in [-0.4, -0.2) is 39.3 Å². The van der Waals surface area contributed by atoms with Crippen molar-refractivity contribution < 1.29 is 19.8 Å². The molecule has 0 aliphatic carbocycles. The van der Waals surface area contributed by atoms with Gasteiger partial charge in [0.25, 0.3) is 5.91 Å². The maximum absolute atomic E-state index is 12.5. The van der Waals surface area contributed by atoms with Crippen molar-refractivity contribution in [3.8, 4) is 22.9 Å². The number of carboxylic acids is 1. The monoisotopic (exact) mass is 463 g/mol. The average Bonchev–Trinajstić information content (AvgIpc) is 2.81. The first-order chi connectivity index (χ1) is 15.7. The number of carboxylic acid groups (broad SMARTS) is 1. The number of aromatic hydroxyl groups is 1. The Balaban J connectivity index is 0.00000122. The van der Waals surface area contributed by atoms with Gasteiger partial charge in [0.1, 0.15) is 11.5 Å². The maximum atomic E-state index is 12.5. The van der Waals surface area contributed by atoms with Crippen molar-refractivity contribution in [1.82, 2.24) is 4.98 Å². The number of pyridine rings is 1. The van der Waals surface area contributed by atoms with Gasteiger partial charge in [0.15, 0.2) is 0 Å². The average molecular weight is 464 g/mol. The summed E-state index contributed by atoms with van der Waals surface area (Å²) in [5.41, 5.74) is 5.21. The van der Waals surface area contributed by atoms with Gasteiger partial charge in [-0.1, -0.05) is 13.0 Å². The van der Waals surface area contributed by atoms with E-state index < -0.39 is 17.6 Å². The Hall–Kier alpha value is -4.20. The topological polar surface area (TPSA) is 173 Å². The predicted octanol–water partition coefficient (Wildman–Crippen LogP) is 3.28. The normalized spacial score (nSPS) is 9.76. The number of carbonyl (C=O) groups is 2. The van der Waals surface area contributed by atoms with Gasteiger partial charge in [-0.25, -0.2) is 4.79 Å². The van der Waals surface area contributed by atoms with Crippen molar-refractivity contribution in [1.29, 1.82) is 10.7 Å². The molecule has 3 aromatic rings. The summed E-state index contributed by atoms with van der Waals surface area (Å²) in [7, 11) is 0. The van der Waals surface area contributed by atoms with Crippen LogP contribution in [0.3, 0.4) is 0 Å². The third kappa shape index (κ3) is 6.16. The van der Waals surface area contributed by atoms with Crippen LogP contribution < -0.4 is 11.1 Å². The molecule has 1 aromatic heterocycles. The molecule has 0 radical (unpaired) electrons. The lowest BCUT2D eigenvalue weighted by Crippen LogP contribution is -2.24. The Kier molecular flexibility index (Phi) is 8.68. The number of nitrogens with zero attached hydrogens (tertiary/aromatic N) is 2. The van der Waals surface area contributed by atoms with Gasteiger partial charge in [-0.3, -0.25) is 15.2 Å². The van der Waals surface area contributed by atoms with Gasteiger partial charge in [0, 0.05) is 34.0 Å². The van der Waals surface area contributed by atoms with Gasteiger partial charge in [-0.15, -0.1) is 12.6 Å². The van der Waals surface area contributed by atoms with Crippen LogP contribution in [0.25, 0.3) is 11.1 Å². The van der Waals surface area contributed by atoms with Crippen molar-refractivity contribution in [3.63, 3.8) is 0 Å². The number of amides is 1. The maximum Gasteiger partial charge on any atom is 0.337 e. The summed E-state index contributed by atoms with van der Waals surface area (Å²) in [5, 5.41) is 39.1. The molecule has 6 N–H and O–H groups in total. The number of rotatable bonds is 5. The minimum absolute atomic E-state index is 0.0735. The molecule has 33 heavy (non-hydrogen) atoms. The Bertz CT molecular complexity index is 1240. The first-order valence-corrected chi connectivity index (χ1v) is 10.0. The number of aromatic nitrogens is 1. The molecule has 1 amide bonds. The second-order valence-corrected chi connectivity index (χ2v) is 7.02. The number of nitriles is 1. The van der Waals surface area contributed by atoms with E-state index in [0.29, 0.717) is 16.0 Å². The molecule has 3 rings (SSSR count). The van der Waals surface area contributed by atoms with Crippen LogP contribution in [0.2, 0.25) is 0 Å². The highest BCUT2D eigenvalue weighted by Crippen LogP contribution is 2.33. The van der Waals surface area contributed by atoms with Gasteiger partial charge in [-0.2, -0.15) is 5.26 Å². The lowest BCUT2D eigenvalue weighted by Gasteiger charge is -2.13. The zero-order valence-corrected chi connectivity index (χ0v) is 18.4. The van der Waals surface area contributed by atoms with E-state index in [2.05, 4.69) is 22.9 Å². The standard InChI is InChI=1S/C21H14N4O4S.C2H7N/c22-9-11-3-4-16(14(6-11)21(28)29)25-20(27)19(23)15-8-18(30)13(7-17(15)26)12-2-1-5-24-10-12;1-2-3/h1-8,10,23,26,30H,(H,25,27)(H,28,29);2-3H2,1H3. The van der Waals surface area contributed by atoms with Crippen LogP contribution >= 0.6 is 12.6 Å². The molecule has 0 aliphatic rings. The Morgan fingerprint density at radius 2 is 1.94 bits per heavy atom. The second kappa shape index (κ2) is 11.4. The van der Waals surface area contributed by atoms with E-state index >= 15 is 0 Å². The van der Waals surface area contributed by atoms with Crippen LogP contribution in [0, 0.1) is 16.7 Å². The molecule has 0 aliphatic heterocycles. The first-order valence-electron chi connectivity index (χ1n) is 9.57. The fourth-order valence-corrected chi connectivity index (χ4v) is 3.06. The molecule has 168 valence electrons. The number of carbonyl (C=O) groups excluding carboxylic acids is 1. The van der Waals surface area contributed by atoms with Crippen molar-refractivity contribution in [3.05, 3.63) is 71.5 Å². The van der Waals surface area contributed by atoms with Gasteiger partial charge in [0.05, 0.1) is 22.9 Å². The van der Waals surface area contributed by atoms with E-state index in [9.17, 15) is 19.8 Å². The summed E-state index contributed by atoms with van der Waals surface area (Å²) in [4.78, 5) is 28.4. The molecule has 1 heterocycles. The van der Waals surface area contributed by atoms with Gasteiger partial charge in [0.2, 0.25) is 0 Å². The van der Waals surface area contributed by atoms with Crippen LogP contribution in [0.15, 0.2) is 59.8 Å². The molecule has 9 nitrogen and oxygen atoms in total. The smallest absolute Gasteiger partial charge is 0.337 e. The van der Waals surface area contributed by atoms with E-state index in [1.165, 1.54) is 24.3 Å². The summed E-state index contributed by atoms with van der Waals surface area (Å²) >= 11 is 4.38. The van der Waals surface area contributed by atoms with Crippen molar-refractivity contribution in [2.45, 2.75) is 11.8 Å². The highest BCUT2D eigenvalue weighted by molar-refractivity contribution is 7.80. The first kappa shape index (κ1) is 25.1. The minimum atomic E-state index is -1.34. The van der Waals surface area contributed by atoms with Gasteiger partial charge >= 0.3 is 5.97 Å². The summed E-state index contributed by atoms with van der Waals surface area (Å²) in [5.74, 6) is -2.58. The highest BCUT2D eigenvalue weighted by Gasteiger charge is 2.21. The quantitative estimate of drug-likeness (QED) is 0.249. The highest BCUT2D eigenvalue weighted by atomic mass is 32.1. The van der Waals surface area contributed by atoms with Crippen molar-refractivity contribution >= 4 is 35.9 Å². The van der Waals surface area contributed by atoms with E-state index in [1.807, 2.05) is 13.0 Å². The molecular formula is C23H21N5O4S. The molecule has 2 aromatic carbocycles. The fourth-order valence-electron chi connectivity index (χ4n) is 2.74. The summed E-state index contributed by atoms with van der Waals surface area (Å²) in [6.45, 7) is 2.65. The van der Waals surface area contributed by atoms with Gasteiger partial charge < -0.3 is 21.3 Å². The molecule has 0 fully saturated rings. The van der Waals surface area contributed by atoms with E-state index in [0.717, 1.165) is 12.6 Å². The lowest BCUT2D eigenvalue weighted by molar-refractivity contribution is -0.110. The molecule has 0 saturated carbocycles. The minimum Gasteiger partial charge on any atom is -0.507 e. The zero-order chi connectivity index (χ0) is 24.5. The molecular weight excluding hydrogens is 442 g/mol. The second-order valence-electron chi connectivity index (χ2n) is 6.54. The van der Waals surface area contributed by atoms with E-state index in [4.69, 9.17) is 16.4 Å². The number of aromatic carboxylic acids is 1. The van der Waals surface area contributed by atoms with Crippen molar-refractivity contribution in [2.24, 2.45) is 5.73 Å². The number of nitrogens with one attached hydrogen (secondary N) is 2. The number of anilines is 1. The molecule has 0 saturated heterocycles. The lowest BCUT2D eigenvalue weighted by atomic mass is 10.0. The SMILES string of the molecule is CCN.N#Cc1ccc(NC(=O)C(=N)c2cc(S)c(-c3cccnc3)cc2O)c(C(=O)O)c1. The van der Waals surface area contributed by atoms with Crippen molar-refractivity contribution in [2.75, 3.05) is 11.9 Å². The summed E-state index contributed by atoms with van der Waals surface area (Å²) < 4.78 is 0. The number of hydrogen-bond donors (Lipinski definition) is 6. The number of thiol groups is 1. The number of phenolic OH excluding ortho intramolecular Hbond substituents is 1.